The van der Waals surface area contributed by atoms with E-state index in [9.17, 15) is 9.59 Å². The number of rotatable bonds is 5. The van der Waals surface area contributed by atoms with Gasteiger partial charge in [-0.2, -0.15) is 0 Å². The lowest BCUT2D eigenvalue weighted by molar-refractivity contribution is -0.116. The third-order valence-corrected chi connectivity index (χ3v) is 3.21. The van der Waals surface area contributed by atoms with E-state index >= 15 is 0 Å². The van der Waals surface area contributed by atoms with Crippen LogP contribution in [0.25, 0.3) is 0 Å². The van der Waals surface area contributed by atoms with E-state index in [2.05, 4.69) is 20.7 Å². The monoisotopic (exact) mass is 318 g/mol. The van der Waals surface area contributed by atoms with Crippen LogP contribution < -0.4 is 0 Å². The van der Waals surface area contributed by atoms with E-state index < -0.39 is 5.97 Å². The smallest absolute Gasteiger partial charge is 0.337 e. The van der Waals surface area contributed by atoms with Crippen LogP contribution in [-0.2, 0) is 21.3 Å². The van der Waals surface area contributed by atoms with Crippen LogP contribution in [0.1, 0.15) is 21.5 Å². The molecule has 0 saturated carbocycles. The fraction of sp³-hybridized carbons (Fsp3) is 0.333. The largest absolute Gasteiger partial charge is 0.465 e. The summed E-state index contributed by atoms with van der Waals surface area (Å²) in [6.07, 6.45) is 0.231. The highest BCUT2D eigenvalue weighted by Gasteiger charge is 2.11. The minimum absolute atomic E-state index is 0.0236. The number of ether oxygens (including phenoxy) is 1. The van der Waals surface area contributed by atoms with Gasteiger partial charge in [0.1, 0.15) is 0 Å². The Bertz CT molecular complexity index is 432. The molecule has 1 aromatic rings. The van der Waals surface area contributed by atoms with E-state index in [4.69, 9.17) is 11.6 Å². The second-order valence-electron chi connectivity index (χ2n) is 3.46. The quantitative estimate of drug-likeness (QED) is 0.619. The Hall–Kier alpha value is -0.870. The summed E-state index contributed by atoms with van der Waals surface area (Å²) in [6, 6.07) is 5.15. The summed E-state index contributed by atoms with van der Waals surface area (Å²) in [6.45, 7) is 0. The van der Waals surface area contributed by atoms with Crippen molar-refractivity contribution in [3.8, 4) is 0 Å². The van der Waals surface area contributed by atoms with Crippen molar-refractivity contribution in [2.75, 3.05) is 13.0 Å². The van der Waals surface area contributed by atoms with Gasteiger partial charge < -0.3 is 4.74 Å². The van der Waals surface area contributed by atoms with Crippen LogP contribution in [0.2, 0.25) is 0 Å². The van der Waals surface area contributed by atoms with E-state index in [1.54, 1.807) is 18.2 Å². The normalized spacial score (nSPS) is 10.1. The molecule has 1 aromatic carbocycles. The Morgan fingerprint density at radius 1 is 1.35 bits per heavy atom. The predicted octanol–water partition coefficient (Wildman–Crippen LogP) is 2.72. The molecule has 0 spiro atoms. The highest BCUT2D eigenvalue weighted by molar-refractivity contribution is 9.08. The van der Waals surface area contributed by atoms with Gasteiger partial charge in [-0.05, 0) is 23.3 Å². The van der Waals surface area contributed by atoms with Gasteiger partial charge in [0.15, 0.2) is 5.78 Å². The van der Waals surface area contributed by atoms with E-state index in [1.807, 2.05) is 0 Å². The molecule has 92 valence electrons. The number of hydrogen-bond acceptors (Lipinski definition) is 3. The molecule has 0 aliphatic heterocycles. The van der Waals surface area contributed by atoms with Crippen molar-refractivity contribution in [1.29, 1.82) is 0 Å². The number of carbonyl (C=O) groups excluding carboxylic acids is 2. The molecule has 0 bridgehead atoms. The van der Waals surface area contributed by atoms with E-state index in [0.29, 0.717) is 10.9 Å². The summed E-state index contributed by atoms with van der Waals surface area (Å²) in [5.41, 5.74) is 2.21. The maximum absolute atomic E-state index is 11.4. The molecule has 0 aliphatic rings. The van der Waals surface area contributed by atoms with Crippen LogP contribution in [0.15, 0.2) is 18.2 Å². The second kappa shape index (κ2) is 6.77. The van der Waals surface area contributed by atoms with Gasteiger partial charge in [-0.15, -0.1) is 11.6 Å². The third-order valence-electron chi connectivity index (χ3n) is 2.31. The number of carbonyl (C=O) groups is 2. The van der Waals surface area contributed by atoms with Crippen molar-refractivity contribution in [2.24, 2.45) is 0 Å². The zero-order valence-electron chi connectivity index (χ0n) is 9.33. The zero-order valence-corrected chi connectivity index (χ0v) is 11.7. The van der Waals surface area contributed by atoms with Crippen molar-refractivity contribution >= 4 is 39.3 Å². The number of benzene rings is 1. The molecule has 0 atom stereocenters. The standard InChI is InChI=1S/C12H12BrClO3/c1-17-12(16)8-2-3-9(6-13)10(4-8)5-11(15)7-14/h2-4H,5-7H2,1H3. The van der Waals surface area contributed by atoms with Gasteiger partial charge in [0, 0.05) is 11.8 Å². The number of halogens is 2. The van der Waals surface area contributed by atoms with Gasteiger partial charge in [-0.25, -0.2) is 4.79 Å². The minimum Gasteiger partial charge on any atom is -0.465 e. The van der Waals surface area contributed by atoms with E-state index in [0.717, 1.165) is 11.1 Å². The van der Waals surface area contributed by atoms with Crippen LogP contribution in [0.5, 0.6) is 0 Å². The molecule has 0 aromatic heterocycles. The fourth-order valence-electron chi connectivity index (χ4n) is 1.43. The van der Waals surface area contributed by atoms with E-state index in [-0.39, 0.29) is 18.1 Å². The molecule has 1 rings (SSSR count). The van der Waals surface area contributed by atoms with Gasteiger partial charge in [-0.1, -0.05) is 22.0 Å². The maximum atomic E-state index is 11.4. The molecule has 5 heteroatoms. The van der Waals surface area contributed by atoms with Crippen LogP contribution in [0.3, 0.4) is 0 Å². The first-order chi connectivity index (χ1) is 8.12. The summed E-state index contributed by atoms with van der Waals surface area (Å²) in [4.78, 5) is 22.7. The van der Waals surface area contributed by atoms with Crippen LogP contribution in [0, 0.1) is 0 Å². The number of alkyl halides is 2. The third kappa shape index (κ3) is 3.82. The van der Waals surface area contributed by atoms with Gasteiger partial charge in [0.05, 0.1) is 18.6 Å². The maximum Gasteiger partial charge on any atom is 0.337 e. The first-order valence-electron chi connectivity index (χ1n) is 4.96. The second-order valence-corrected chi connectivity index (χ2v) is 4.29. The lowest BCUT2D eigenvalue weighted by atomic mass is 10.0. The Kier molecular flexibility index (Phi) is 5.65. The van der Waals surface area contributed by atoms with Crippen LogP contribution in [-0.4, -0.2) is 24.7 Å². The van der Waals surface area contributed by atoms with Gasteiger partial charge in [-0.3, -0.25) is 4.79 Å². The Balaban J connectivity index is 3.06. The lowest BCUT2D eigenvalue weighted by Crippen LogP contribution is -2.08. The molecule has 0 amide bonds. The Labute approximate surface area is 113 Å². The predicted molar refractivity (Wildman–Crippen MR) is 69.8 cm³/mol. The molecular weight excluding hydrogens is 307 g/mol. The topological polar surface area (TPSA) is 43.4 Å². The fourth-order valence-corrected chi connectivity index (χ4v) is 2.07. The zero-order chi connectivity index (χ0) is 12.8. The molecular formula is C12H12BrClO3. The van der Waals surface area contributed by atoms with Crippen molar-refractivity contribution in [3.63, 3.8) is 0 Å². The Morgan fingerprint density at radius 3 is 2.59 bits per heavy atom. The number of ketones is 1. The summed E-state index contributed by atoms with van der Waals surface area (Å²) < 4.78 is 4.63. The minimum atomic E-state index is -0.411. The van der Waals surface area contributed by atoms with Crippen molar-refractivity contribution in [3.05, 3.63) is 34.9 Å². The average molecular weight is 320 g/mol. The first-order valence-corrected chi connectivity index (χ1v) is 6.61. The van der Waals surface area contributed by atoms with Crippen molar-refractivity contribution in [1.82, 2.24) is 0 Å². The van der Waals surface area contributed by atoms with Gasteiger partial charge >= 0.3 is 5.97 Å². The molecule has 0 unspecified atom stereocenters. The SMILES string of the molecule is COC(=O)c1ccc(CBr)c(CC(=O)CCl)c1. The molecule has 0 N–H and O–H groups in total. The molecule has 0 radical (unpaired) electrons. The number of methoxy groups -OCH3 is 1. The summed E-state index contributed by atoms with van der Waals surface area (Å²) >= 11 is 8.81. The summed E-state index contributed by atoms with van der Waals surface area (Å²) in [5.74, 6) is -0.508. The van der Waals surface area contributed by atoms with E-state index in [1.165, 1.54) is 7.11 Å². The molecule has 17 heavy (non-hydrogen) atoms. The first kappa shape index (κ1) is 14.2. The summed E-state index contributed by atoms with van der Waals surface area (Å²) in [5, 5.41) is 0.624. The molecule has 0 fully saturated rings. The number of hydrogen-bond donors (Lipinski definition) is 0. The van der Waals surface area contributed by atoms with Crippen LogP contribution >= 0.6 is 27.5 Å². The lowest BCUT2D eigenvalue weighted by Gasteiger charge is -2.08. The molecule has 0 heterocycles. The average Bonchev–Trinajstić information content (AvgIpc) is 2.37. The van der Waals surface area contributed by atoms with Crippen LogP contribution in [0.4, 0.5) is 0 Å². The number of Topliss-reactive ketones (excluding diaryl/α,β-unsaturated/α-hetero) is 1. The molecule has 0 aliphatic carbocycles. The Morgan fingerprint density at radius 2 is 2.06 bits per heavy atom. The van der Waals surface area contributed by atoms with Gasteiger partial charge in [0.25, 0.3) is 0 Å². The molecule has 3 nitrogen and oxygen atoms in total. The van der Waals surface area contributed by atoms with Crippen molar-refractivity contribution < 1.29 is 14.3 Å². The van der Waals surface area contributed by atoms with Crippen molar-refractivity contribution in [2.45, 2.75) is 11.8 Å². The highest BCUT2D eigenvalue weighted by atomic mass is 79.9. The summed E-state index contributed by atoms with van der Waals surface area (Å²) in [7, 11) is 1.32. The highest BCUT2D eigenvalue weighted by Crippen LogP contribution is 2.17. The van der Waals surface area contributed by atoms with Gasteiger partial charge in [0.2, 0.25) is 0 Å². The number of esters is 1. The molecule has 0 saturated heterocycles.